The normalized spacial score (nSPS) is 16.7. The zero-order valence-corrected chi connectivity index (χ0v) is 17.6. The third-order valence-electron chi connectivity index (χ3n) is 5.61. The fourth-order valence-corrected chi connectivity index (χ4v) is 4.63. The molecule has 2 N–H and O–H groups in total. The van der Waals surface area contributed by atoms with Crippen LogP contribution in [0.25, 0.3) is 0 Å². The van der Waals surface area contributed by atoms with E-state index in [4.69, 9.17) is 0 Å². The number of hydrogen-bond donors (Lipinski definition) is 2. The average molecular weight is 402 g/mol. The van der Waals surface area contributed by atoms with Gasteiger partial charge in [0.2, 0.25) is 0 Å². The van der Waals surface area contributed by atoms with Gasteiger partial charge in [0.05, 0.1) is 11.7 Å². The van der Waals surface area contributed by atoms with Gasteiger partial charge in [-0.15, -0.1) is 0 Å². The lowest BCUT2D eigenvalue weighted by Gasteiger charge is -2.35. The molecule has 0 radical (unpaired) electrons. The highest BCUT2D eigenvalue weighted by Gasteiger charge is 2.30. The van der Waals surface area contributed by atoms with Crippen molar-refractivity contribution in [2.45, 2.75) is 52.6 Å². The van der Waals surface area contributed by atoms with Crippen molar-refractivity contribution in [3.05, 3.63) is 44.9 Å². The van der Waals surface area contributed by atoms with E-state index in [2.05, 4.69) is 15.2 Å². The van der Waals surface area contributed by atoms with E-state index in [0.29, 0.717) is 16.8 Å². The number of ketones is 2. The maximum atomic E-state index is 13.0. The minimum Gasteiger partial charge on any atom is -0.355 e. The van der Waals surface area contributed by atoms with Crippen molar-refractivity contribution in [1.82, 2.24) is 15.2 Å². The molecule has 6 nitrogen and oxygen atoms in total. The first kappa shape index (κ1) is 20.5. The van der Waals surface area contributed by atoms with Crippen molar-refractivity contribution >= 4 is 28.8 Å². The van der Waals surface area contributed by atoms with Crippen molar-refractivity contribution in [2.24, 2.45) is 0 Å². The largest absolute Gasteiger partial charge is 0.355 e. The number of hydrogen-bond acceptors (Lipinski definition) is 5. The predicted octanol–water partition coefficient (Wildman–Crippen LogP) is 3.36. The number of rotatable bonds is 6. The van der Waals surface area contributed by atoms with Gasteiger partial charge in [0.25, 0.3) is 5.91 Å². The summed E-state index contributed by atoms with van der Waals surface area (Å²) in [6.45, 7) is 8.59. The molecule has 0 bridgehead atoms. The van der Waals surface area contributed by atoms with Crippen LogP contribution in [0.4, 0.5) is 0 Å². The van der Waals surface area contributed by atoms with Crippen LogP contribution in [0.15, 0.2) is 16.8 Å². The zero-order chi connectivity index (χ0) is 20.4. The number of piperidine rings is 1. The molecular weight excluding hydrogens is 374 g/mol. The molecular formula is C21H27N3O3S. The van der Waals surface area contributed by atoms with Gasteiger partial charge in [0.15, 0.2) is 11.6 Å². The Kier molecular flexibility index (Phi) is 6.15. The summed E-state index contributed by atoms with van der Waals surface area (Å²) in [4.78, 5) is 42.3. The second-order valence-electron chi connectivity index (χ2n) is 7.52. The highest BCUT2D eigenvalue weighted by molar-refractivity contribution is 7.08. The fraction of sp³-hybridized carbons (Fsp3) is 0.476. The van der Waals surface area contributed by atoms with E-state index in [1.54, 1.807) is 0 Å². The molecule has 1 amide bonds. The maximum Gasteiger partial charge on any atom is 0.252 e. The number of nitrogens with one attached hydrogen (secondary N) is 2. The number of amides is 1. The smallest absolute Gasteiger partial charge is 0.252 e. The van der Waals surface area contributed by atoms with Crippen LogP contribution in [-0.4, -0.2) is 52.5 Å². The summed E-state index contributed by atoms with van der Waals surface area (Å²) in [5, 5.41) is 6.83. The van der Waals surface area contributed by atoms with Gasteiger partial charge < -0.3 is 10.3 Å². The van der Waals surface area contributed by atoms with E-state index >= 15 is 0 Å². The molecule has 1 unspecified atom stereocenters. The minimum absolute atomic E-state index is 0.00820. The molecule has 2 aromatic rings. The molecule has 0 aliphatic carbocycles. The highest BCUT2D eigenvalue weighted by Crippen LogP contribution is 2.22. The first-order valence-corrected chi connectivity index (χ1v) is 10.5. The van der Waals surface area contributed by atoms with Crippen LogP contribution in [-0.2, 0) is 0 Å². The molecule has 1 atom stereocenters. The molecule has 150 valence electrons. The summed E-state index contributed by atoms with van der Waals surface area (Å²) in [7, 11) is 0. The molecule has 2 aromatic heterocycles. The number of Topliss-reactive ketones (excluding diaryl/α,β-unsaturated/α-hetero) is 2. The van der Waals surface area contributed by atoms with Crippen molar-refractivity contribution < 1.29 is 14.4 Å². The number of aromatic amines is 1. The van der Waals surface area contributed by atoms with Crippen LogP contribution in [0.2, 0.25) is 0 Å². The number of nitrogens with zero attached hydrogens (tertiary/aromatic N) is 1. The van der Waals surface area contributed by atoms with Gasteiger partial charge in [-0.05, 0) is 57.5 Å². The molecule has 3 rings (SSSR count). The summed E-state index contributed by atoms with van der Waals surface area (Å²) in [6.07, 6.45) is 1.63. The van der Waals surface area contributed by atoms with Gasteiger partial charge >= 0.3 is 0 Å². The number of aromatic nitrogens is 1. The first-order valence-electron chi connectivity index (χ1n) is 9.61. The fourth-order valence-electron chi connectivity index (χ4n) is 3.99. The monoisotopic (exact) mass is 401 g/mol. The second kappa shape index (κ2) is 8.41. The third-order valence-corrected chi connectivity index (χ3v) is 6.29. The quantitative estimate of drug-likeness (QED) is 0.727. The number of carbonyl (C=O) groups is 3. The van der Waals surface area contributed by atoms with Crippen molar-refractivity contribution in [2.75, 3.05) is 13.1 Å². The molecule has 28 heavy (non-hydrogen) atoms. The van der Waals surface area contributed by atoms with Crippen LogP contribution in [0, 0.1) is 13.8 Å². The third kappa shape index (κ3) is 4.10. The van der Waals surface area contributed by atoms with E-state index in [1.165, 1.54) is 18.3 Å². The summed E-state index contributed by atoms with van der Waals surface area (Å²) >= 11 is 1.51. The molecule has 1 aliphatic heterocycles. The first-order chi connectivity index (χ1) is 13.3. The Labute approximate surface area is 169 Å². The molecule has 3 heterocycles. The Balaban J connectivity index is 1.60. The van der Waals surface area contributed by atoms with Gasteiger partial charge in [-0.1, -0.05) is 0 Å². The van der Waals surface area contributed by atoms with Gasteiger partial charge in [0, 0.05) is 41.3 Å². The zero-order valence-electron chi connectivity index (χ0n) is 16.8. The minimum atomic E-state index is -0.273. The molecule has 0 spiro atoms. The van der Waals surface area contributed by atoms with E-state index in [-0.39, 0.29) is 29.6 Å². The molecule has 7 heteroatoms. The van der Waals surface area contributed by atoms with Crippen LogP contribution in [0.3, 0.4) is 0 Å². The number of carbonyl (C=O) groups excluding carboxylic acids is 3. The summed E-state index contributed by atoms with van der Waals surface area (Å²) in [5.74, 6) is -0.0490. The second-order valence-corrected chi connectivity index (χ2v) is 8.30. The Morgan fingerprint density at radius 2 is 1.93 bits per heavy atom. The summed E-state index contributed by atoms with van der Waals surface area (Å²) in [5.41, 5.74) is 3.33. The van der Waals surface area contributed by atoms with E-state index in [1.807, 2.05) is 37.6 Å². The van der Waals surface area contributed by atoms with Crippen LogP contribution >= 0.6 is 11.3 Å². The highest BCUT2D eigenvalue weighted by atomic mass is 32.1. The number of aryl methyl sites for hydroxylation is 1. The standard InChI is InChI=1S/C21H27N3O3S/c1-12-18(15(4)25)13(2)22-19(12)20(26)14(3)24-8-5-17(6-9-24)23-21(27)16-7-10-28-11-16/h7,10-11,14,17,22H,5-6,8-9H2,1-4H3,(H,23,27). The number of H-pyrrole nitrogens is 1. The van der Waals surface area contributed by atoms with Crippen LogP contribution < -0.4 is 5.32 Å². The topological polar surface area (TPSA) is 82.3 Å². The van der Waals surface area contributed by atoms with E-state index in [9.17, 15) is 14.4 Å². The Bertz CT molecular complexity index is 877. The molecule has 0 saturated carbocycles. The number of thiophene rings is 1. The van der Waals surface area contributed by atoms with Gasteiger partial charge in [-0.25, -0.2) is 0 Å². The van der Waals surface area contributed by atoms with Gasteiger partial charge in [-0.2, -0.15) is 11.3 Å². The van der Waals surface area contributed by atoms with Crippen molar-refractivity contribution in [3.63, 3.8) is 0 Å². The molecule has 0 aromatic carbocycles. The van der Waals surface area contributed by atoms with Crippen LogP contribution in [0.5, 0.6) is 0 Å². The molecule has 1 saturated heterocycles. The Morgan fingerprint density at radius 1 is 1.25 bits per heavy atom. The lowest BCUT2D eigenvalue weighted by Crippen LogP contribution is -2.49. The van der Waals surface area contributed by atoms with Gasteiger partial charge in [0.1, 0.15) is 0 Å². The lowest BCUT2D eigenvalue weighted by molar-refractivity contribution is 0.0757. The van der Waals surface area contributed by atoms with Crippen molar-refractivity contribution in [1.29, 1.82) is 0 Å². The van der Waals surface area contributed by atoms with Gasteiger partial charge in [-0.3, -0.25) is 19.3 Å². The number of likely N-dealkylation sites (tertiary alicyclic amines) is 1. The molecule has 1 aliphatic rings. The van der Waals surface area contributed by atoms with Crippen molar-refractivity contribution in [3.8, 4) is 0 Å². The van der Waals surface area contributed by atoms with E-state index < -0.39 is 0 Å². The Hall–Kier alpha value is -2.25. The van der Waals surface area contributed by atoms with E-state index in [0.717, 1.165) is 37.2 Å². The van der Waals surface area contributed by atoms with Crippen LogP contribution in [0.1, 0.15) is 69.2 Å². The predicted molar refractivity (Wildman–Crippen MR) is 110 cm³/mol. The molecule has 1 fully saturated rings. The average Bonchev–Trinajstić information content (AvgIpc) is 3.29. The Morgan fingerprint density at radius 3 is 2.46 bits per heavy atom. The summed E-state index contributed by atoms with van der Waals surface area (Å²) < 4.78 is 0. The lowest BCUT2D eigenvalue weighted by atomic mass is 9.99. The SMILES string of the molecule is CC(=O)c1c(C)[nH]c(C(=O)C(C)N2CCC(NC(=O)c3ccsc3)CC2)c1C. The summed E-state index contributed by atoms with van der Waals surface area (Å²) in [6, 6.07) is 1.68. The maximum absolute atomic E-state index is 13.0.